The van der Waals surface area contributed by atoms with Gasteiger partial charge in [-0.2, -0.15) is 0 Å². The van der Waals surface area contributed by atoms with E-state index in [0.717, 1.165) is 35.4 Å². The minimum absolute atomic E-state index is 0.338. The first-order valence-electron chi connectivity index (χ1n) is 8.29. The fourth-order valence-corrected chi connectivity index (χ4v) is 3.14. The summed E-state index contributed by atoms with van der Waals surface area (Å²) in [5.74, 6) is -2.50. The minimum Gasteiger partial charge on any atom is -0.493 e. The molecule has 6 heteroatoms. The van der Waals surface area contributed by atoms with Crippen LogP contribution in [0.25, 0.3) is 0 Å². The maximum atomic E-state index is 13.8. The fraction of sp³-hybridized carbons (Fsp3) is 0.300. The molecule has 0 fully saturated rings. The van der Waals surface area contributed by atoms with E-state index in [-0.39, 0.29) is 5.78 Å². The lowest BCUT2D eigenvalue weighted by Gasteiger charge is -2.26. The molecule has 0 radical (unpaired) electrons. The standard InChI is InChI=1S/C20H19F2NO3/c1-11-12-9-10-26-16(12)8-7-13(11)18(24)20(2,3)23-19(25)17-14(21)5-4-6-15(17)22/h4-8H,9-10H2,1-3H3,(H,23,25). The Morgan fingerprint density at radius 2 is 1.77 bits per heavy atom. The van der Waals surface area contributed by atoms with Gasteiger partial charge in [-0.1, -0.05) is 6.07 Å². The lowest BCUT2D eigenvalue weighted by molar-refractivity contribution is 0.0793. The van der Waals surface area contributed by atoms with E-state index in [4.69, 9.17) is 4.74 Å². The number of fused-ring (bicyclic) bond motifs is 1. The Hall–Kier alpha value is -2.76. The first-order chi connectivity index (χ1) is 12.2. The quantitative estimate of drug-likeness (QED) is 0.849. The molecule has 0 aliphatic carbocycles. The van der Waals surface area contributed by atoms with Gasteiger partial charge in [0.15, 0.2) is 5.78 Å². The fourth-order valence-electron chi connectivity index (χ4n) is 3.14. The zero-order chi connectivity index (χ0) is 19.1. The number of ketones is 1. The lowest BCUT2D eigenvalue weighted by atomic mass is 9.88. The van der Waals surface area contributed by atoms with Gasteiger partial charge in [0, 0.05) is 17.5 Å². The molecule has 2 aromatic rings. The highest BCUT2D eigenvalue weighted by molar-refractivity contribution is 6.07. The van der Waals surface area contributed by atoms with Crippen LogP contribution in [0.3, 0.4) is 0 Å². The molecule has 0 spiro atoms. The number of hydrogen-bond acceptors (Lipinski definition) is 3. The SMILES string of the molecule is Cc1c(C(=O)C(C)(C)NC(=O)c2c(F)cccc2F)ccc2c1CCO2. The second kappa shape index (κ2) is 6.52. The van der Waals surface area contributed by atoms with Gasteiger partial charge in [-0.15, -0.1) is 0 Å². The average molecular weight is 359 g/mol. The molecule has 3 rings (SSSR count). The topological polar surface area (TPSA) is 55.4 Å². The maximum Gasteiger partial charge on any atom is 0.258 e. The van der Waals surface area contributed by atoms with Gasteiger partial charge in [0.25, 0.3) is 5.91 Å². The van der Waals surface area contributed by atoms with Crippen LogP contribution >= 0.6 is 0 Å². The van der Waals surface area contributed by atoms with Crippen molar-refractivity contribution >= 4 is 11.7 Å². The summed E-state index contributed by atoms with van der Waals surface area (Å²) in [6.07, 6.45) is 0.718. The maximum absolute atomic E-state index is 13.8. The number of carbonyl (C=O) groups excluding carboxylic acids is 2. The van der Waals surface area contributed by atoms with E-state index in [1.807, 2.05) is 6.92 Å². The summed E-state index contributed by atoms with van der Waals surface area (Å²) in [5.41, 5.74) is 0.174. The van der Waals surface area contributed by atoms with E-state index in [9.17, 15) is 18.4 Å². The van der Waals surface area contributed by atoms with Gasteiger partial charge in [0.1, 0.15) is 22.9 Å². The molecule has 136 valence electrons. The van der Waals surface area contributed by atoms with Crippen LogP contribution in [-0.4, -0.2) is 23.8 Å². The van der Waals surface area contributed by atoms with Gasteiger partial charge in [-0.25, -0.2) is 8.78 Å². The largest absolute Gasteiger partial charge is 0.493 e. The van der Waals surface area contributed by atoms with Crippen molar-refractivity contribution in [1.82, 2.24) is 5.32 Å². The number of benzene rings is 2. The average Bonchev–Trinajstić information content (AvgIpc) is 3.03. The van der Waals surface area contributed by atoms with Gasteiger partial charge in [0.2, 0.25) is 0 Å². The molecular formula is C20H19F2NO3. The number of Topliss-reactive ketones (excluding diaryl/α,β-unsaturated/α-hetero) is 1. The van der Waals surface area contributed by atoms with Gasteiger partial charge >= 0.3 is 0 Å². The van der Waals surface area contributed by atoms with Crippen molar-refractivity contribution in [2.45, 2.75) is 32.7 Å². The van der Waals surface area contributed by atoms with E-state index in [1.165, 1.54) is 19.9 Å². The van der Waals surface area contributed by atoms with Gasteiger partial charge in [-0.3, -0.25) is 9.59 Å². The third-order valence-electron chi connectivity index (χ3n) is 4.59. The Bertz CT molecular complexity index is 886. The van der Waals surface area contributed by atoms with Crippen molar-refractivity contribution in [3.8, 4) is 5.75 Å². The highest BCUT2D eigenvalue weighted by atomic mass is 19.1. The zero-order valence-corrected chi connectivity index (χ0v) is 14.8. The van der Waals surface area contributed by atoms with E-state index >= 15 is 0 Å². The number of amides is 1. The van der Waals surface area contributed by atoms with Gasteiger partial charge in [-0.05, 0) is 50.6 Å². The molecule has 0 atom stereocenters. The molecule has 4 nitrogen and oxygen atoms in total. The van der Waals surface area contributed by atoms with Crippen LogP contribution in [0.5, 0.6) is 5.75 Å². The zero-order valence-electron chi connectivity index (χ0n) is 14.8. The minimum atomic E-state index is -1.34. The first-order valence-corrected chi connectivity index (χ1v) is 8.29. The third kappa shape index (κ3) is 3.07. The number of carbonyl (C=O) groups is 2. The molecule has 0 unspecified atom stereocenters. The van der Waals surface area contributed by atoms with Crippen LogP contribution in [0.4, 0.5) is 8.78 Å². The molecule has 1 heterocycles. The molecule has 1 aliphatic rings. The summed E-state index contributed by atoms with van der Waals surface area (Å²) in [6, 6.07) is 6.55. The molecule has 0 saturated carbocycles. The molecule has 1 aliphatic heterocycles. The van der Waals surface area contributed by atoms with Crippen molar-refractivity contribution in [2.24, 2.45) is 0 Å². The summed E-state index contributed by atoms with van der Waals surface area (Å²) in [4.78, 5) is 25.3. The Morgan fingerprint density at radius 1 is 1.12 bits per heavy atom. The van der Waals surface area contributed by atoms with Crippen LogP contribution in [0.1, 0.15) is 45.7 Å². The van der Waals surface area contributed by atoms with Gasteiger partial charge in [0.05, 0.1) is 12.1 Å². The monoisotopic (exact) mass is 359 g/mol. The van der Waals surface area contributed by atoms with E-state index in [1.54, 1.807) is 12.1 Å². The van der Waals surface area contributed by atoms with Crippen LogP contribution in [-0.2, 0) is 6.42 Å². The summed E-state index contributed by atoms with van der Waals surface area (Å²) in [5, 5.41) is 2.45. The van der Waals surface area contributed by atoms with Crippen LogP contribution in [0.2, 0.25) is 0 Å². The Labute approximate surface area is 150 Å². The van der Waals surface area contributed by atoms with E-state index < -0.39 is 28.6 Å². The first kappa shape index (κ1) is 18.0. The number of hydrogen-bond donors (Lipinski definition) is 1. The van der Waals surface area contributed by atoms with Crippen LogP contribution in [0.15, 0.2) is 30.3 Å². The summed E-state index contributed by atoms with van der Waals surface area (Å²) in [6.45, 7) is 5.42. The number of rotatable bonds is 4. The van der Waals surface area contributed by atoms with Crippen LogP contribution in [0, 0.1) is 18.6 Å². The van der Waals surface area contributed by atoms with E-state index in [2.05, 4.69) is 5.32 Å². The predicted octanol–water partition coefficient (Wildman–Crippen LogP) is 3.60. The second-order valence-electron chi connectivity index (χ2n) is 6.82. The van der Waals surface area contributed by atoms with E-state index in [0.29, 0.717) is 12.2 Å². The summed E-state index contributed by atoms with van der Waals surface area (Å²) < 4.78 is 33.1. The van der Waals surface area contributed by atoms with Crippen molar-refractivity contribution in [1.29, 1.82) is 0 Å². The highest BCUT2D eigenvalue weighted by Crippen LogP contribution is 2.31. The highest BCUT2D eigenvalue weighted by Gasteiger charge is 2.34. The Kier molecular flexibility index (Phi) is 4.52. The third-order valence-corrected chi connectivity index (χ3v) is 4.59. The number of halogens is 2. The lowest BCUT2D eigenvalue weighted by Crippen LogP contribution is -2.50. The second-order valence-corrected chi connectivity index (χ2v) is 6.82. The van der Waals surface area contributed by atoms with Crippen molar-refractivity contribution in [3.05, 3.63) is 64.2 Å². The molecule has 26 heavy (non-hydrogen) atoms. The predicted molar refractivity (Wildman–Crippen MR) is 92.6 cm³/mol. The Morgan fingerprint density at radius 3 is 2.42 bits per heavy atom. The molecule has 0 saturated heterocycles. The van der Waals surface area contributed by atoms with Gasteiger partial charge < -0.3 is 10.1 Å². The smallest absolute Gasteiger partial charge is 0.258 e. The van der Waals surface area contributed by atoms with Crippen molar-refractivity contribution in [3.63, 3.8) is 0 Å². The summed E-state index contributed by atoms with van der Waals surface area (Å²) in [7, 11) is 0. The van der Waals surface area contributed by atoms with Crippen molar-refractivity contribution in [2.75, 3.05) is 6.61 Å². The molecule has 0 bridgehead atoms. The van der Waals surface area contributed by atoms with Crippen LogP contribution < -0.4 is 10.1 Å². The normalized spacial score (nSPS) is 13.1. The summed E-state index contributed by atoms with van der Waals surface area (Å²) >= 11 is 0. The molecule has 1 N–H and O–H groups in total. The Balaban J connectivity index is 1.89. The molecule has 2 aromatic carbocycles. The molecule has 1 amide bonds. The molecular weight excluding hydrogens is 340 g/mol. The van der Waals surface area contributed by atoms with Crippen molar-refractivity contribution < 1.29 is 23.1 Å². The number of nitrogens with one attached hydrogen (secondary N) is 1. The number of ether oxygens (including phenoxy) is 1. The molecule has 0 aromatic heterocycles.